The molecule has 1 N–H and O–H groups in total. The smallest absolute Gasteiger partial charge is 0.0548 e. The lowest BCUT2D eigenvalue weighted by atomic mass is 9.95. The fourth-order valence-corrected chi connectivity index (χ4v) is 2.63. The second kappa shape index (κ2) is 7.40. The van der Waals surface area contributed by atoms with Crippen molar-refractivity contribution in [1.29, 1.82) is 0 Å². The molecule has 1 unspecified atom stereocenters. The molecule has 1 atom stereocenters. The molecule has 0 bridgehead atoms. The maximum Gasteiger partial charge on any atom is 0.0548 e. The number of benzene rings is 1. The van der Waals surface area contributed by atoms with Crippen LogP contribution in [-0.4, -0.2) is 6.04 Å². The van der Waals surface area contributed by atoms with Crippen LogP contribution >= 0.6 is 27.5 Å². The van der Waals surface area contributed by atoms with Crippen LogP contribution in [-0.2, 0) is 6.54 Å². The number of halogens is 2. The molecule has 0 fully saturated rings. The summed E-state index contributed by atoms with van der Waals surface area (Å²) in [6.07, 6.45) is 2.46. The van der Waals surface area contributed by atoms with Gasteiger partial charge in [-0.05, 0) is 46.5 Å². The van der Waals surface area contributed by atoms with Crippen molar-refractivity contribution < 1.29 is 0 Å². The van der Waals surface area contributed by atoms with Gasteiger partial charge in [0.05, 0.1) is 5.02 Å². The summed E-state index contributed by atoms with van der Waals surface area (Å²) in [6.45, 7) is 7.67. The molecule has 1 aromatic rings. The molecule has 1 aromatic carbocycles. The summed E-state index contributed by atoms with van der Waals surface area (Å²) in [5.41, 5.74) is 1.26. The van der Waals surface area contributed by atoms with Crippen molar-refractivity contribution in [2.45, 2.75) is 46.2 Å². The van der Waals surface area contributed by atoms with E-state index in [-0.39, 0.29) is 0 Å². The summed E-state index contributed by atoms with van der Waals surface area (Å²) in [4.78, 5) is 0. The highest BCUT2D eigenvalue weighted by molar-refractivity contribution is 9.10. The van der Waals surface area contributed by atoms with Gasteiger partial charge in [-0.15, -0.1) is 0 Å². The van der Waals surface area contributed by atoms with E-state index in [1.165, 1.54) is 18.4 Å². The number of hydrogen-bond acceptors (Lipinski definition) is 1. The molecule has 96 valence electrons. The molecule has 0 radical (unpaired) electrons. The van der Waals surface area contributed by atoms with Gasteiger partial charge in [-0.1, -0.05) is 44.4 Å². The van der Waals surface area contributed by atoms with Gasteiger partial charge < -0.3 is 5.32 Å². The van der Waals surface area contributed by atoms with Crippen LogP contribution in [0.4, 0.5) is 0 Å². The summed E-state index contributed by atoms with van der Waals surface area (Å²) in [6, 6.07) is 6.64. The first-order valence-corrected chi connectivity index (χ1v) is 7.42. The molecule has 0 spiro atoms. The monoisotopic (exact) mass is 317 g/mol. The van der Waals surface area contributed by atoms with E-state index in [0.29, 0.717) is 6.04 Å². The van der Waals surface area contributed by atoms with Crippen LogP contribution < -0.4 is 5.32 Å². The van der Waals surface area contributed by atoms with Crippen molar-refractivity contribution in [2.75, 3.05) is 0 Å². The third-order valence-corrected chi connectivity index (χ3v) is 4.58. The van der Waals surface area contributed by atoms with Gasteiger partial charge in [0.25, 0.3) is 0 Å². The Hall–Kier alpha value is -0.0500. The van der Waals surface area contributed by atoms with E-state index in [1.807, 2.05) is 6.07 Å². The number of hydrogen-bond donors (Lipinski definition) is 1. The zero-order valence-corrected chi connectivity index (χ0v) is 13.1. The lowest BCUT2D eigenvalue weighted by Gasteiger charge is -2.22. The Bertz CT molecular complexity index is 350. The van der Waals surface area contributed by atoms with Crippen molar-refractivity contribution in [2.24, 2.45) is 5.92 Å². The standard InChI is InChI=1S/C14H21BrClN/c1-4-12(5-2)10(3)17-9-11-6-7-14(16)13(15)8-11/h6-8,10,12,17H,4-5,9H2,1-3H3. The molecule has 0 aliphatic rings. The highest BCUT2D eigenvalue weighted by Gasteiger charge is 2.12. The zero-order chi connectivity index (χ0) is 12.8. The maximum absolute atomic E-state index is 5.97. The first-order chi connectivity index (χ1) is 8.08. The SMILES string of the molecule is CCC(CC)C(C)NCc1ccc(Cl)c(Br)c1. The molecular weight excluding hydrogens is 298 g/mol. The topological polar surface area (TPSA) is 12.0 Å². The molecule has 0 aliphatic heterocycles. The van der Waals surface area contributed by atoms with Crippen LogP contribution in [0.1, 0.15) is 39.2 Å². The minimum atomic E-state index is 0.555. The van der Waals surface area contributed by atoms with Gasteiger partial charge in [0.2, 0.25) is 0 Å². The minimum Gasteiger partial charge on any atom is -0.310 e. The summed E-state index contributed by atoms with van der Waals surface area (Å²) < 4.78 is 0.966. The third kappa shape index (κ3) is 4.61. The van der Waals surface area contributed by atoms with Crippen molar-refractivity contribution in [3.05, 3.63) is 33.3 Å². The molecule has 0 saturated carbocycles. The van der Waals surface area contributed by atoms with Crippen LogP contribution in [0.15, 0.2) is 22.7 Å². The Morgan fingerprint density at radius 2 is 1.94 bits per heavy atom. The number of nitrogens with one attached hydrogen (secondary N) is 1. The van der Waals surface area contributed by atoms with Gasteiger partial charge in [0, 0.05) is 17.1 Å². The maximum atomic E-state index is 5.97. The molecule has 1 nitrogen and oxygen atoms in total. The molecular formula is C14H21BrClN. The van der Waals surface area contributed by atoms with Gasteiger partial charge >= 0.3 is 0 Å². The lowest BCUT2D eigenvalue weighted by Crippen LogP contribution is -2.32. The van der Waals surface area contributed by atoms with E-state index >= 15 is 0 Å². The minimum absolute atomic E-state index is 0.555. The molecule has 0 amide bonds. The van der Waals surface area contributed by atoms with E-state index in [9.17, 15) is 0 Å². The Labute approximate surface area is 118 Å². The van der Waals surface area contributed by atoms with Crippen molar-refractivity contribution in [1.82, 2.24) is 5.32 Å². The third-order valence-electron chi connectivity index (χ3n) is 3.37. The Kier molecular flexibility index (Phi) is 6.53. The second-order valence-electron chi connectivity index (χ2n) is 4.49. The number of rotatable bonds is 6. The van der Waals surface area contributed by atoms with E-state index in [0.717, 1.165) is 22.0 Å². The van der Waals surface area contributed by atoms with Crippen molar-refractivity contribution in [3.63, 3.8) is 0 Å². The fourth-order valence-electron chi connectivity index (χ4n) is 2.09. The Balaban J connectivity index is 2.52. The van der Waals surface area contributed by atoms with E-state index < -0.39 is 0 Å². The molecule has 0 saturated heterocycles. The zero-order valence-electron chi connectivity index (χ0n) is 10.8. The van der Waals surface area contributed by atoms with Crippen LogP contribution in [0.5, 0.6) is 0 Å². The summed E-state index contributed by atoms with van der Waals surface area (Å²) >= 11 is 9.42. The van der Waals surface area contributed by atoms with Gasteiger partial charge in [-0.2, -0.15) is 0 Å². The van der Waals surface area contributed by atoms with Gasteiger partial charge in [-0.3, -0.25) is 0 Å². The molecule has 0 aliphatic carbocycles. The van der Waals surface area contributed by atoms with Crippen molar-refractivity contribution in [3.8, 4) is 0 Å². The lowest BCUT2D eigenvalue weighted by molar-refractivity contribution is 0.353. The second-order valence-corrected chi connectivity index (χ2v) is 5.76. The largest absolute Gasteiger partial charge is 0.310 e. The van der Waals surface area contributed by atoms with E-state index in [1.54, 1.807) is 0 Å². The molecule has 3 heteroatoms. The van der Waals surface area contributed by atoms with Crippen LogP contribution in [0.3, 0.4) is 0 Å². The summed E-state index contributed by atoms with van der Waals surface area (Å²) in [5, 5.41) is 4.35. The fraction of sp³-hybridized carbons (Fsp3) is 0.571. The average Bonchev–Trinajstić information content (AvgIpc) is 2.32. The molecule has 0 aromatic heterocycles. The first-order valence-electron chi connectivity index (χ1n) is 6.25. The molecule has 1 rings (SSSR count). The summed E-state index contributed by atoms with van der Waals surface area (Å²) in [5.74, 6) is 0.755. The highest BCUT2D eigenvalue weighted by Crippen LogP contribution is 2.23. The Morgan fingerprint density at radius 3 is 2.47 bits per heavy atom. The first kappa shape index (κ1) is 15.0. The van der Waals surface area contributed by atoms with E-state index in [2.05, 4.69) is 54.2 Å². The normalized spacial score (nSPS) is 13.1. The Morgan fingerprint density at radius 1 is 1.29 bits per heavy atom. The highest BCUT2D eigenvalue weighted by atomic mass is 79.9. The van der Waals surface area contributed by atoms with Crippen LogP contribution in [0.2, 0.25) is 5.02 Å². The van der Waals surface area contributed by atoms with Gasteiger partial charge in [-0.25, -0.2) is 0 Å². The van der Waals surface area contributed by atoms with E-state index in [4.69, 9.17) is 11.6 Å². The molecule has 0 heterocycles. The van der Waals surface area contributed by atoms with Crippen molar-refractivity contribution >= 4 is 27.5 Å². The van der Waals surface area contributed by atoms with Crippen LogP contribution in [0.25, 0.3) is 0 Å². The molecule has 17 heavy (non-hydrogen) atoms. The predicted octanol–water partition coefficient (Wildman–Crippen LogP) is 5.02. The summed E-state index contributed by atoms with van der Waals surface area (Å²) in [7, 11) is 0. The van der Waals surface area contributed by atoms with Gasteiger partial charge in [0.1, 0.15) is 0 Å². The van der Waals surface area contributed by atoms with Gasteiger partial charge in [0.15, 0.2) is 0 Å². The quantitative estimate of drug-likeness (QED) is 0.777. The average molecular weight is 319 g/mol. The van der Waals surface area contributed by atoms with Crippen LogP contribution in [0, 0.1) is 5.92 Å². The predicted molar refractivity (Wildman–Crippen MR) is 79.5 cm³/mol.